The van der Waals surface area contributed by atoms with Crippen molar-refractivity contribution in [3.8, 4) is 0 Å². The van der Waals surface area contributed by atoms with Gasteiger partial charge in [0.2, 0.25) is 0 Å². The fraction of sp³-hybridized carbons (Fsp3) is 0.600. The summed E-state index contributed by atoms with van der Waals surface area (Å²) in [6.07, 6.45) is 4.02. The van der Waals surface area contributed by atoms with E-state index in [4.69, 9.17) is 0 Å². The Labute approximate surface area is 75.5 Å². The summed E-state index contributed by atoms with van der Waals surface area (Å²) in [5, 5.41) is 0. The summed E-state index contributed by atoms with van der Waals surface area (Å²) in [6.45, 7) is 4.44. The summed E-state index contributed by atoms with van der Waals surface area (Å²) in [5.74, 6) is 0.143. The zero-order valence-corrected chi connectivity index (χ0v) is 8.18. The van der Waals surface area contributed by atoms with Crippen LogP contribution < -0.4 is 0 Å². The number of unbranched alkanes of at least 4 members (excludes halogenated alkanes) is 1. The van der Waals surface area contributed by atoms with E-state index in [1.165, 1.54) is 6.08 Å². The van der Waals surface area contributed by atoms with Crippen LogP contribution in [-0.4, -0.2) is 30.9 Å². The molecule has 0 bridgehead atoms. The molecule has 70 valence electrons. The molecule has 0 atom stereocenters. The first-order valence-electron chi connectivity index (χ1n) is 4.28. The van der Waals surface area contributed by atoms with E-state index in [2.05, 4.69) is 27.7 Å². The van der Waals surface area contributed by atoms with Crippen LogP contribution in [0.15, 0.2) is 12.7 Å². The number of nitrogens with zero attached hydrogens (tertiary/aromatic N) is 1. The Hall–Kier alpha value is -0.630. The summed E-state index contributed by atoms with van der Waals surface area (Å²) >= 11 is 0. The average molecular weight is 169 g/mol. The van der Waals surface area contributed by atoms with Crippen LogP contribution in [0.3, 0.4) is 0 Å². The highest BCUT2D eigenvalue weighted by Gasteiger charge is 2.01. The maximum absolute atomic E-state index is 10.8. The number of quaternary nitrogens is 1. The Balaban J connectivity index is 3.34. The zero-order valence-electron chi connectivity index (χ0n) is 8.18. The van der Waals surface area contributed by atoms with Crippen LogP contribution in [0.5, 0.6) is 0 Å². The summed E-state index contributed by atoms with van der Waals surface area (Å²) in [4.78, 5) is 10.8. The molecule has 0 saturated heterocycles. The minimum Gasteiger partial charge on any atom is -0.462 e. The van der Waals surface area contributed by atoms with Crippen molar-refractivity contribution in [1.29, 1.82) is 0 Å². The maximum atomic E-state index is 10.8. The molecule has 0 aliphatic heterocycles. The first-order chi connectivity index (χ1) is 5.45. The lowest BCUT2D eigenvalue weighted by molar-refractivity contribution is -0.845. The fourth-order valence-electron chi connectivity index (χ4n) is 0.941. The molecule has 0 fully saturated rings. The van der Waals surface area contributed by atoms with Gasteiger partial charge in [0.05, 0.1) is 6.54 Å². The van der Waals surface area contributed by atoms with E-state index in [1.54, 1.807) is 0 Å². The minimum absolute atomic E-state index is 0.143. The summed E-state index contributed by atoms with van der Waals surface area (Å²) in [7, 11) is 8.04. The Morgan fingerprint density at radius 2 is 2.08 bits per heavy atom. The minimum atomic E-state index is 0.143. The van der Waals surface area contributed by atoms with Crippen LogP contribution in [0.1, 0.15) is 19.3 Å². The van der Waals surface area contributed by atoms with Crippen molar-refractivity contribution in [3.05, 3.63) is 19.7 Å². The number of carbonyl (C=O) groups excluding carboxylic acids is 1. The molecule has 0 aliphatic rings. The topological polar surface area (TPSA) is 17.1 Å². The summed E-state index contributed by atoms with van der Waals surface area (Å²) in [6, 6.07) is 0. The van der Waals surface area contributed by atoms with Crippen LogP contribution in [0, 0.1) is 7.05 Å². The molecule has 0 aromatic heterocycles. The second kappa shape index (κ2) is 5.09. The third-order valence-corrected chi connectivity index (χ3v) is 1.66. The van der Waals surface area contributed by atoms with Crippen LogP contribution in [-0.2, 0) is 4.79 Å². The van der Waals surface area contributed by atoms with Gasteiger partial charge in [-0.2, -0.15) is 0 Å². The summed E-state index contributed by atoms with van der Waals surface area (Å²) < 4.78 is 0.724. The van der Waals surface area contributed by atoms with Crippen molar-refractivity contribution < 1.29 is 9.28 Å². The predicted octanol–water partition coefficient (Wildman–Crippen LogP) is 1.78. The van der Waals surface area contributed by atoms with E-state index in [1.807, 2.05) is 0 Å². The fourth-order valence-corrected chi connectivity index (χ4v) is 0.941. The molecule has 0 unspecified atom stereocenters. The van der Waals surface area contributed by atoms with Crippen LogP contribution in [0.2, 0.25) is 0 Å². The van der Waals surface area contributed by atoms with Crippen molar-refractivity contribution in [2.45, 2.75) is 19.3 Å². The van der Waals surface area contributed by atoms with Crippen LogP contribution >= 0.6 is 0 Å². The van der Waals surface area contributed by atoms with Crippen LogP contribution in [0.4, 0.5) is 0 Å². The lowest BCUT2D eigenvalue weighted by atomic mass is 10.1. The number of hydrogen-bond donors (Lipinski definition) is 0. The molecule has 2 heteroatoms. The van der Waals surface area contributed by atoms with Gasteiger partial charge < -0.3 is 4.48 Å². The van der Waals surface area contributed by atoms with Crippen molar-refractivity contribution in [1.82, 2.24) is 0 Å². The van der Waals surface area contributed by atoms with E-state index in [9.17, 15) is 4.79 Å². The number of hydrogen-bond acceptors (Lipinski definition) is 1. The molecule has 2 nitrogen and oxygen atoms in total. The first kappa shape index (κ1) is 11.4. The second-order valence-electron chi connectivity index (χ2n) is 3.79. The second-order valence-corrected chi connectivity index (χ2v) is 3.79. The molecule has 0 aliphatic carbocycles. The van der Waals surface area contributed by atoms with Gasteiger partial charge in [0.25, 0.3) is 0 Å². The number of carbonyl (C=O) groups is 1. The molecular formula is C10H19NO. The highest BCUT2D eigenvalue weighted by atomic mass is 16.1. The van der Waals surface area contributed by atoms with Gasteiger partial charge in [-0.15, -0.1) is 7.05 Å². The van der Waals surface area contributed by atoms with E-state index >= 15 is 0 Å². The van der Waals surface area contributed by atoms with Gasteiger partial charge in [-0.25, -0.2) is 0 Å². The van der Waals surface area contributed by atoms with Crippen LogP contribution in [0.25, 0.3) is 0 Å². The van der Waals surface area contributed by atoms with Gasteiger partial charge in [-0.05, 0) is 18.9 Å². The van der Waals surface area contributed by atoms with E-state index < -0.39 is 0 Å². The molecule has 0 radical (unpaired) electrons. The van der Waals surface area contributed by atoms with E-state index in [0.717, 1.165) is 23.9 Å². The zero-order chi connectivity index (χ0) is 9.61. The lowest BCUT2D eigenvalue weighted by Gasteiger charge is -2.32. The third kappa shape index (κ3) is 7.48. The number of ketones is 1. The monoisotopic (exact) mass is 169 g/mol. The molecule has 0 spiro atoms. The van der Waals surface area contributed by atoms with E-state index in [0.29, 0.717) is 6.42 Å². The van der Waals surface area contributed by atoms with Crippen molar-refractivity contribution in [3.63, 3.8) is 0 Å². The van der Waals surface area contributed by atoms with Crippen molar-refractivity contribution >= 4 is 5.78 Å². The molecule has 12 heavy (non-hydrogen) atoms. The molecule has 0 rings (SSSR count). The Morgan fingerprint density at radius 3 is 2.50 bits per heavy atom. The molecular weight excluding hydrogens is 150 g/mol. The standard InChI is InChI=1S/C10H19NO/c1-5-10(12)8-6-7-9-11(2,3)4/h5H,1-2,6-9H2,3-4H3. The van der Waals surface area contributed by atoms with Gasteiger partial charge in [-0.1, -0.05) is 6.58 Å². The quantitative estimate of drug-likeness (QED) is 0.256. The Kier molecular flexibility index (Phi) is 4.83. The smallest absolute Gasteiger partial charge is 0.155 e. The first-order valence-corrected chi connectivity index (χ1v) is 4.28. The number of rotatable bonds is 6. The Morgan fingerprint density at radius 1 is 1.50 bits per heavy atom. The maximum Gasteiger partial charge on any atom is 0.155 e. The largest absolute Gasteiger partial charge is 0.462 e. The van der Waals surface area contributed by atoms with Crippen molar-refractivity contribution in [2.24, 2.45) is 0 Å². The highest BCUT2D eigenvalue weighted by molar-refractivity contribution is 5.88. The van der Waals surface area contributed by atoms with E-state index in [-0.39, 0.29) is 5.78 Å². The lowest BCUT2D eigenvalue weighted by Crippen LogP contribution is -2.32. The van der Waals surface area contributed by atoms with Gasteiger partial charge >= 0.3 is 0 Å². The Bertz CT molecular complexity index is 156. The SMILES string of the molecule is C=CC(=O)CCCC[N+]([CH2-])(C)C. The van der Waals surface area contributed by atoms with Gasteiger partial charge in [0.1, 0.15) is 0 Å². The van der Waals surface area contributed by atoms with Gasteiger partial charge in [0, 0.05) is 20.5 Å². The van der Waals surface area contributed by atoms with Crippen molar-refractivity contribution in [2.75, 3.05) is 20.6 Å². The average Bonchev–Trinajstić information content (AvgIpc) is 1.96. The molecule has 0 amide bonds. The number of allylic oxidation sites excluding steroid dienone is 1. The predicted molar refractivity (Wildman–Crippen MR) is 51.4 cm³/mol. The normalized spacial score (nSPS) is 11.2. The molecule has 0 saturated carbocycles. The summed E-state index contributed by atoms with van der Waals surface area (Å²) in [5.41, 5.74) is 0. The van der Waals surface area contributed by atoms with Gasteiger partial charge in [-0.3, -0.25) is 4.79 Å². The molecule has 0 N–H and O–H groups in total. The van der Waals surface area contributed by atoms with Gasteiger partial charge in [0.15, 0.2) is 5.78 Å². The molecule has 0 aromatic rings. The molecule has 0 aromatic carbocycles. The third-order valence-electron chi connectivity index (χ3n) is 1.66. The highest BCUT2D eigenvalue weighted by Crippen LogP contribution is 2.02. The molecule has 0 heterocycles.